The first kappa shape index (κ1) is 13.8. The van der Waals surface area contributed by atoms with Crippen LogP contribution in [0.2, 0.25) is 5.02 Å². The summed E-state index contributed by atoms with van der Waals surface area (Å²) in [7, 11) is 0. The summed E-state index contributed by atoms with van der Waals surface area (Å²) in [5.74, 6) is 0.943. The monoisotopic (exact) mass is 293 g/mol. The van der Waals surface area contributed by atoms with Crippen LogP contribution in [0.25, 0.3) is 0 Å². The molecule has 4 nitrogen and oxygen atoms in total. The molecule has 0 saturated heterocycles. The maximum atomic E-state index is 12.4. The molecule has 3 N–H and O–H groups in total. The molecule has 2 bridgehead atoms. The van der Waals surface area contributed by atoms with Crippen molar-refractivity contribution in [2.24, 2.45) is 17.6 Å². The van der Waals surface area contributed by atoms with Gasteiger partial charge in [0.05, 0.1) is 10.6 Å². The Morgan fingerprint density at radius 3 is 2.70 bits per heavy atom. The number of nitrogens with two attached hydrogens (primary N) is 1. The summed E-state index contributed by atoms with van der Waals surface area (Å²) in [6.07, 6.45) is 8.73. The van der Waals surface area contributed by atoms with Crippen molar-refractivity contribution >= 4 is 17.5 Å². The third-order valence-corrected chi connectivity index (χ3v) is 4.99. The fraction of sp³-hybridized carbons (Fsp3) is 0.600. The maximum absolute atomic E-state index is 12.4. The van der Waals surface area contributed by atoms with E-state index < -0.39 is 0 Å². The summed E-state index contributed by atoms with van der Waals surface area (Å²) < 4.78 is 0. The molecule has 2 fully saturated rings. The predicted molar refractivity (Wildman–Crippen MR) is 78.5 cm³/mol. The van der Waals surface area contributed by atoms with Gasteiger partial charge in [-0.05, 0) is 43.6 Å². The predicted octanol–water partition coefficient (Wildman–Crippen LogP) is 2.37. The van der Waals surface area contributed by atoms with Crippen LogP contribution in [0.15, 0.2) is 18.5 Å². The van der Waals surface area contributed by atoms with E-state index in [1.165, 1.54) is 25.5 Å². The smallest absolute Gasteiger partial charge is 0.253 e. The van der Waals surface area contributed by atoms with Crippen LogP contribution in [0.1, 0.15) is 42.5 Å². The van der Waals surface area contributed by atoms with Crippen LogP contribution in [-0.4, -0.2) is 23.0 Å². The highest BCUT2D eigenvalue weighted by atomic mass is 35.5. The molecule has 2 aliphatic carbocycles. The number of rotatable bonds is 2. The van der Waals surface area contributed by atoms with Gasteiger partial charge >= 0.3 is 0 Å². The molecule has 0 aliphatic heterocycles. The number of aromatic nitrogens is 1. The van der Waals surface area contributed by atoms with E-state index in [-0.39, 0.29) is 11.9 Å². The number of halogens is 1. The van der Waals surface area contributed by atoms with Gasteiger partial charge in [0.2, 0.25) is 0 Å². The van der Waals surface area contributed by atoms with Crippen molar-refractivity contribution in [3.05, 3.63) is 29.0 Å². The number of fused-ring (bicyclic) bond motifs is 2. The van der Waals surface area contributed by atoms with Crippen molar-refractivity contribution in [2.75, 3.05) is 0 Å². The first-order valence-electron chi connectivity index (χ1n) is 7.31. The Kier molecular flexibility index (Phi) is 3.94. The lowest BCUT2D eigenvalue weighted by Crippen LogP contribution is -2.53. The molecule has 2 aliphatic rings. The van der Waals surface area contributed by atoms with Gasteiger partial charge in [-0.1, -0.05) is 18.0 Å². The lowest BCUT2D eigenvalue weighted by Gasteiger charge is -2.45. The molecule has 0 spiro atoms. The molecule has 20 heavy (non-hydrogen) atoms. The molecule has 0 aromatic carbocycles. The van der Waals surface area contributed by atoms with E-state index in [1.54, 1.807) is 12.3 Å². The zero-order chi connectivity index (χ0) is 14.1. The summed E-state index contributed by atoms with van der Waals surface area (Å²) in [5, 5.41) is 3.60. The minimum absolute atomic E-state index is 0.0882. The number of amides is 1. The molecule has 5 heteroatoms. The minimum atomic E-state index is -0.0882. The Hall–Kier alpha value is -1.13. The topological polar surface area (TPSA) is 68.0 Å². The Morgan fingerprint density at radius 2 is 2.05 bits per heavy atom. The highest BCUT2D eigenvalue weighted by Crippen LogP contribution is 2.39. The van der Waals surface area contributed by atoms with Gasteiger partial charge in [-0.25, -0.2) is 0 Å². The largest absolute Gasteiger partial charge is 0.349 e. The first-order chi connectivity index (χ1) is 9.65. The average Bonchev–Trinajstić information content (AvgIpc) is 2.40. The average molecular weight is 294 g/mol. The van der Waals surface area contributed by atoms with Gasteiger partial charge in [-0.2, -0.15) is 0 Å². The van der Waals surface area contributed by atoms with Crippen molar-refractivity contribution in [1.82, 2.24) is 10.3 Å². The van der Waals surface area contributed by atoms with E-state index in [0.717, 1.165) is 12.8 Å². The number of nitrogens with zero attached hydrogens (tertiary/aromatic N) is 1. The number of nitrogens with one attached hydrogen (secondary N) is 1. The summed E-state index contributed by atoms with van der Waals surface area (Å²) in [4.78, 5) is 16.3. The quantitative estimate of drug-likeness (QED) is 0.879. The van der Waals surface area contributed by atoms with Gasteiger partial charge in [0.15, 0.2) is 0 Å². The Bertz CT molecular complexity index is 494. The van der Waals surface area contributed by atoms with Gasteiger partial charge in [-0.15, -0.1) is 0 Å². The van der Waals surface area contributed by atoms with Crippen LogP contribution in [0.3, 0.4) is 0 Å². The van der Waals surface area contributed by atoms with Gasteiger partial charge in [0.25, 0.3) is 5.91 Å². The number of carbonyl (C=O) groups is 1. The molecule has 0 radical (unpaired) electrons. The van der Waals surface area contributed by atoms with Crippen LogP contribution < -0.4 is 11.1 Å². The molecular formula is C15H20ClN3O. The molecule has 1 aromatic heterocycles. The van der Waals surface area contributed by atoms with E-state index >= 15 is 0 Å². The van der Waals surface area contributed by atoms with E-state index in [0.29, 0.717) is 28.5 Å². The van der Waals surface area contributed by atoms with Crippen molar-refractivity contribution in [1.29, 1.82) is 0 Å². The Labute approximate surface area is 124 Å². The van der Waals surface area contributed by atoms with Gasteiger partial charge in [0.1, 0.15) is 0 Å². The van der Waals surface area contributed by atoms with Crippen LogP contribution in [0, 0.1) is 11.8 Å². The van der Waals surface area contributed by atoms with E-state index in [9.17, 15) is 4.79 Å². The Morgan fingerprint density at radius 1 is 1.35 bits per heavy atom. The fourth-order valence-corrected chi connectivity index (χ4v) is 4.02. The van der Waals surface area contributed by atoms with E-state index in [1.807, 2.05) is 0 Å². The van der Waals surface area contributed by atoms with Crippen LogP contribution in [0.5, 0.6) is 0 Å². The second kappa shape index (κ2) is 5.70. The van der Waals surface area contributed by atoms with E-state index in [4.69, 9.17) is 17.3 Å². The van der Waals surface area contributed by atoms with Crippen molar-refractivity contribution in [3.63, 3.8) is 0 Å². The number of hydrogen-bond acceptors (Lipinski definition) is 3. The highest BCUT2D eigenvalue weighted by molar-refractivity contribution is 6.33. The van der Waals surface area contributed by atoms with E-state index in [2.05, 4.69) is 10.3 Å². The Balaban J connectivity index is 1.74. The van der Waals surface area contributed by atoms with Gasteiger partial charge in [0, 0.05) is 24.5 Å². The molecule has 2 saturated carbocycles. The first-order valence-corrected chi connectivity index (χ1v) is 7.69. The maximum Gasteiger partial charge on any atom is 0.253 e. The third kappa shape index (κ3) is 2.67. The number of carbonyl (C=O) groups excluding carboxylic acids is 1. The third-order valence-electron chi connectivity index (χ3n) is 4.69. The van der Waals surface area contributed by atoms with Crippen molar-refractivity contribution < 1.29 is 4.79 Å². The standard InChI is InChI=1S/C15H20ClN3O/c16-13-8-18-5-4-12(13)15(20)19-14-9-2-1-3-10(14)7-11(17)6-9/h4-5,8-11,14H,1-3,6-7,17H2,(H,19,20). The lowest BCUT2D eigenvalue weighted by molar-refractivity contribution is 0.0756. The number of hydrogen-bond donors (Lipinski definition) is 2. The summed E-state index contributed by atoms with van der Waals surface area (Å²) in [5.41, 5.74) is 6.62. The molecule has 1 aromatic rings. The minimum Gasteiger partial charge on any atom is -0.349 e. The van der Waals surface area contributed by atoms with Crippen molar-refractivity contribution in [2.45, 2.75) is 44.2 Å². The SMILES string of the molecule is NC1CC2CCCC(C1)C2NC(=O)c1ccncc1Cl. The highest BCUT2D eigenvalue weighted by Gasteiger charge is 2.40. The van der Waals surface area contributed by atoms with Crippen LogP contribution in [0.4, 0.5) is 0 Å². The van der Waals surface area contributed by atoms with Gasteiger partial charge in [-0.3, -0.25) is 9.78 Å². The fourth-order valence-electron chi connectivity index (χ4n) is 3.81. The molecule has 1 amide bonds. The second-order valence-corrected chi connectivity index (χ2v) is 6.44. The zero-order valence-electron chi connectivity index (χ0n) is 11.4. The molecule has 2 unspecified atom stereocenters. The second-order valence-electron chi connectivity index (χ2n) is 6.04. The normalized spacial score (nSPS) is 32.7. The number of pyridine rings is 1. The molecular weight excluding hydrogens is 274 g/mol. The lowest BCUT2D eigenvalue weighted by atomic mass is 9.67. The molecule has 1 heterocycles. The zero-order valence-corrected chi connectivity index (χ0v) is 12.1. The molecule has 108 valence electrons. The summed E-state index contributed by atoms with van der Waals surface area (Å²) in [6.45, 7) is 0. The summed E-state index contributed by atoms with van der Waals surface area (Å²) >= 11 is 6.04. The van der Waals surface area contributed by atoms with Gasteiger partial charge < -0.3 is 11.1 Å². The van der Waals surface area contributed by atoms with Crippen LogP contribution in [-0.2, 0) is 0 Å². The van der Waals surface area contributed by atoms with Crippen LogP contribution >= 0.6 is 11.6 Å². The van der Waals surface area contributed by atoms with Crippen molar-refractivity contribution in [3.8, 4) is 0 Å². The molecule has 2 atom stereocenters. The summed E-state index contributed by atoms with van der Waals surface area (Å²) in [6, 6.07) is 2.21. The molecule has 3 rings (SSSR count).